The van der Waals surface area contributed by atoms with E-state index in [1.54, 1.807) is 27.8 Å². The average Bonchev–Trinajstić information content (AvgIpc) is 3.88. The molecule has 10 aliphatic carbocycles. The van der Waals surface area contributed by atoms with Crippen LogP contribution in [0.3, 0.4) is 0 Å². The van der Waals surface area contributed by atoms with Gasteiger partial charge in [-0.1, -0.05) is 76.2 Å². The zero-order chi connectivity index (χ0) is 34.6. The van der Waals surface area contributed by atoms with Gasteiger partial charge >= 0.3 is 0 Å². The molecule has 14 rings (SSSR count). The number of hydrogen-bond acceptors (Lipinski definition) is 1. The summed E-state index contributed by atoms with van der Waals surface area (Å²) in [5.41, 5.74) is 16.8. The van der Waals surface area contributed by atoms with Gasteiger partial charge in [0, 0.05) is 22.5 Å². The summed E-state index contributed by atoms with van der Waals surface area (Å²) in [6, 6.07) is 35.1. The van der Waals surface area contributed by atoms with Crippen molar-refractivity contribution in [3.8, 4) is 11.1 Å². The summed E-state index contributed by atoms with van der Waals surface area (Å²) in [6.07, 6.45) is 15.8. The molecule has 6 bridgehead atoms. The molecule has 0 aliphatic heterocycles. The Morgan fingerprint density at radius 2 is 1.12 bits per heavy atom. The first-order chi connectivity index (χ1) is 25.1. The molecule has 8 unspecified atom stereocenters. The third kappa shape index (κ3) is 3.30. The third-order valence-corrected chi connectivity index (χ3v) is 18.7. The van der Waals surface area contributed by atoms with Crippen molar-refractivity contribution in [3.05, 3.63) is 113 Å². The summed E-state index contributed by atoms with van der Waals surface area (Å²) >= 11 is 0. The Labute approximate surface area is 311 Å². The van der Waals surface area contributed by atoms with Crippen molar-refractivity contribution in [2.45, 2.75) is 120 Å². The van der Waals surface area contributed by atoms with Gasteiger partial charge in [0.05, 0.1) is 0 Å². The molecule has 0 N–H and O–H groups in total. The van der Waals surface area contributed by atoms with Crippen molar-refractivity contribution in [1.29, 1.82) is 0 Å². The molecular weight excluding hydrogens is 627 g/mol. The van der Waals surface area contributed by atoms with Crippen LogP contribution in [-0.4, -0.2) is 0 Å². The number of hydrogen-bond donors (Lipinski definition) is 0. The molecule has 52 heavy (non-hydrogen) atoms. The van der Waals surface area contributed by atoms with Crippen LogP contribution in [0.15, 0.2) is 84.9 Å². The van der Waals surface area contributed by atoms with Gasteiger partial charge in [0.15, 0.2) is 0 Å². The van der Waals surface area contributed by atoms with E-state index in [2.05, 4.69) is 118 Å². The second-order valence-corrected chi connectivity index (χ2v) is 21.4. The van der Waals surface area contributed by atoms with Gasteiger partial charge in [-0.05, 0) is 209 Å². The standard InChI is InChI=1S/C51H55N/c1-47(2)17-18-48(3,4)44-26-38(14-16-43(44)47)52(36-11-9-33(10-12-36)49-27-30-19-31(28-49)21-34(49)20-30)37-13-15-42-40(25-37)39-7-5-6-8-41(39)51(42)45-23-32-22-35-24-46(51)50(35,45)29-32/h5-16,25-26,30-32,34-35,45-46H,17-24,27-29H2,1-4H3. The lowest BCUT2D eigenvalue weighted by Gasteiger charge is -2.76. The van der Waals surface area contributed by atoms with Crippen molar-refractivity contribution in [2.75, 3.05) is 4.90 Å². The van der Waals surface area contributed by atoms with E-state index >= 15 is 0 Å². The lowest BCUT2D eigenvalue weighted by Crippen LogP contribution is -2.73. The molecule has 8 atom stereocenters. The van der Waals surface area contributed by atoms with Gasteiger partial charge < -0.3 is 4.90 Å². The van der Waals surface area contributed by atoms with E-state index in [1.807, 2.05) is 0 Å². The van der Waals surface area contributed by atoms with E-state index in [9.17, 15) is 0 Å². The van der Waals surface area contributed by atoms with Crippen LogP contribution >= 0.6 is 0 Å². The molecule has 1 nitrogen and oxygen atoms in total. The fourth-order valence-corrected chi connectivity index (χ4v) is 16.8. The predicted octanol–water partition coefficient (Wildman–Crippen LogP) is 12.9. The number of rotatable bonds is 4. The normalized spacial score (nSPS) is 40.6. The third-order valence-electron chi connectivity index (χ3n) is 18.7. The summed E-state index contributed by atoms with van der Waals surface area (Å²) in [7, 11) is 0. The van der Waals surface area contributed by atoms with Crippen LogP contribution < -0.4 is 4.90 Å². The van der Waals surface area contributed by atoms with Gasteiger partial charge in [-0.15, -0.1) is 0 Å². The van der Waals surface area contributed by atoms with E-state index < -0.39 is 0 Å². The second kappa shape index (κ2) is 9.30. The fraction of sp³-hybridized carbons (Fsp3) is 0.529. The van der Waals surface area contributed by atoms with E-state index in [-0.39, 0.29) is 16.2 Å². The van der Waals surface area contributed by atoms with Crippen LogP contribution in [0, 0.1) is 46.8 Å². The van der Waals surface area contributed by atoms with E-state index in [4.69, 9.17) is 0 Å². The zero-order valence-electron chi connectivity index (χ0n) is 31.8. The minimum atomic E-state index is 0.168. The van der Waals surface area contributed by atoms with Crippen LogP contribution in [0.4, 0.5) is 17.1 Å². The summed E-state index contributed by atoms with van der Waals surface area (Å²) in [6.45, 7) is 9.87. The van der Waals surface area contributed by atoms with Gasteiger partial charge in [0.1, 0.15) is 0 Å². The number of fused-ring (bicyclic) bond motifs is 9. The van der Waals surface area contributed by atoms with Gasteiger partial charge in [0.2, 0.25) is 0 Å². The topological polar surface area (TPSA) is 3.24 Å². The van der Waals surface area contributed by atoms with Gasteiger partial charge in [-0.2, -0.15) is 0 Å². The van der Waals surface area contributed by atoms with Crippen molar-refractivity contribution in [1.82, 2.24) is 0 Å². The maximum atomic E-state index is 2.63. The van der Waals surface area contributed by atoms with Crippen LogP contribution in [-0.2, 0) is 21.7 Å². The Morgan fingerprint density at radius 1 is 0.500 bits per heavy atom. The summed E-state index contributed by atoms with van der Waals surface area (Å²) < 4.78 is 0. The van der Waals surface area contributed by atoms with Gasteiger partial charge in [-0.3, -0.25) is 0 Å². The summed E-state index contributed by atoms with van der Waals surface area (Å²) in [5, 5.41) is 0. The van der Waals surface area contributed by atoms with Crippen LogP contribution in [0.5, 0.6) is 0 Å². The first-order valence-corrected chi connectivity index (χ1v) is 21.4. The molecule has 0 amide bonds. The molecule has 2 spiro atoms. The minimum absolute atomic E-state index is 0.168. The molecule has 0 heterocycles. The van der Waals surface area contributed by atoms with Gasteiger partial charge in [-0.25, -0.2) is 0 Å². The summed E-state index contributed by atoms with van der Waals surface area (Å²) in [4.78, 5) is 2.63. The molecular formula is C51H55N. The highest BCUT2D eigenvalue weighted by Crippen LogP contribution is 2.89. The van der Waals surface area contributed by atoms with Crippen LogP contribution in [0.2, 0.25) is 0 Å². The SMILES string of the molecule is CC1(C)CCC(C)(C)c2cc(N(c3ccc(C45CC6CC(CC4C6)C5)cc3)c3ccc4c(c3)-c3ccccc3C43C4CC5CC6CC3C64C5)ccc21. The smallest absolute Gasteiger partial charge is 0.0468 e. The van der Waals surface area contributed by atoms with E-state index in [1.165, 1.54) is 98.8 Å². The first-order valence-electron chi connectivity index (χ1n) is 21.4. The number of anilines is 3. The molecule has 4 aromatic carbocycles. The molecule has 264 valence electrons. The first kappa shape index (κ1) is 30.1. The Balaban J connectivity index is 0.970. The van der Waals surface area contributed by atoms with Crippen LogP contribution in [0.1, 0.15) is 126 Å². The molecule has 8 fully saturated rings. The quantitative estimate of drug-likeness (QED) is 0.207. The number of benzene rings is 4. The molecule has 4 aromatic rings. The Hall–Kier alpha value is -3.32. The Kier molecular flexibility index (Phi) is 5.38. The zero-order valence-corrected chi connectivity index (χ0v) is 31.8. The minimum Gasteiger partial charge on any atom is -0.310 e. The lowest BCUT2D eigenvalue weighted by atomic mass is 9.27. The van der Waals surface area contributed by atoms with Crippen molar-refractivity contribution in [2.24, 2.45) is 46.8 Å². The second-order valence-electron chi connectivity index (χ2n) is 21.4. The van der Waals surface area contributed by atoms with Crippen LogP contribution in [0.25, 0.3) is 11.1 Å². The highest BCUT2D eigenvalue weighted by atomic mass is 15.1. The Morgan fingerprint density at radius 3 is 1.88 bits per heavy atom. The highest BCUT2D eigenvalue weighted by Gasteiger charge is 2.84. The van der Waals surface area contributed by atoms with Gasteiger partial charge in [0.25, 0.3) is 0 Å². The lowest BCUT2D eigenvalue weighted by molar-refractivity contribution is -0.231. The average molecular weight is 682 g/mol. The van der Waals surface area contributed by atoms with Crippen molar-refractivity contribution >= 4 is 17.1 Å². The molecule has 0 radical (unpaired) electrons. The molecule has 10 aliphatic rings. The molecule has 1 heteroatoms. The summed E-state index contributed by atoms with van der Waals surface area (Å²) in [5.74, 6) is 6.58. The largest absolute Gasteiger partial charge is 0.310 e. The fourth-order valence-electron chi connectivity index (χ4n) is 16.8. The maximum absolute atomic E-state index is 2.63. The number of nitrogens with zero attached hydrogens (tertiary/aromatic N) is 1. The molecule has 0 aromatic heterocycles. The Bertz CT molecular complexity index is 2210. The van der Waals surface area contributed by atoms with Crippen molar-refractivity contribution < 1.29 is 0 Å². The molecule has 0 saturated heterocycles. The monoisotopic (exact) mass is 681 g/mol. The van der Waals surface area contributed by atoms with E-state index in [0.717, 1.165) is 41.4 Å². The predicted molar refractivity (Wildman–Crippen MR) is 213 cm³/mol. The van der Waals surface area contributed by atoms with Crippen molar-refractivity contribution in [3.63, 3.8) is 0 Å². The molecule has 8 saturated carbocycles. The van der Waals surface area contributed by atoms with E-state index in [0.29, 0.717) is 10.8 Å². The highest BCUT2D eigenvalue weighted by molar-refractivity contribution is 5.88. The maximum Gasteiger partial charge on any atom is 0.0468 e.